The molecule has 100 valence electrons. The van der Waals surface area contributed by atoms with Crippen molar-refractivity contribution in [2.45, 2.75) is 31.8 Å². The second-order valence-electron chi connectivity index (χ2n) is 5.16. The first-order chi connectivity index (χ1) is 8.61. The Labute approximate surface area is 116 Å². The SMILES string of the molecule is CN(Cc1ccc(Br)c(F)c1)C1CCCC1CN. The lowest BCUT2D eigenvalue weighted by Gasteiger charge is -2.29. The predicted molar refractivity (Wildman–Crippen MR) is 75.8 cm³/mol. The Kier molecular flexibility index (Phi) is 4.76. The van der Waals surface area contributed by atoms with Gasteiger partial charge in [-0.25, -0.2) is 4.39 Å². The van der Waals surface area contributed by atoms with E-state index in [1.54, 1.807) is 12.1 Å². The lowest BCUT2D eigenvalue weighted by molar-refractivity contribution is 0.192. The lowest BCUT2D eigenvalue weighted by atomic mass is 10.0. The van der Waals surface area contributed by atoms with Crippen molar-refractivity contribution in [3.05, 3.63) is 34.1 Å². The Morgan fingerprint density at radius 3 is 2.89 bits per heavy atom. The van der Waals surface area contributed by atoms with Crippen molar-refractivity contribution in [1.82, 2.24) is 4.90 Å². The molecule has 1 aromatic carbocycles. The highest BCUT2D eigenvalue weighted by Gasteiger charge is 2.29. The fourth-order valence-corrected chi connectivity index (χ4v) is 3.16. The average molecular weight is 315 g/mol. The predicted octanol–water partition coefficient (Wildman–Crippen LogP) is 3.15. The quantitative estimate of drug-likeness (QED) is 0.925. The molecule has 0 saturated heterocycles. The molecule has 0 bridgehead atoms. The van der Waals surface area contributed by atoms with Crippen LogP contribution in [0.5, 0.6) is 0 Å². The van der Waals surface area contributed by atoms with Gasteiger partial charge in [-0.1, -0.05) is 12.5 Å². The molecule has 0 amide bonds. The minimum atomic E-state index is -0.192. The minimum Gasteiger partial charge on any atom is -0.330 e. The highest BCUT2D eigenvalue weighted by Crippen LogP contribution is 2.29. The summed E-state index contributed by atoms with van der Waals surface area (Å²) in [7, 11) is 2.11. The molecule has 0 radical (unpaired) electrons. The van der Waals surface area contributed by atoms with Gasteiger partial charge in [-0.15, -0.1) is 0 Å². The minimum absolute atomic E-state index is 0.192. The molecular weight excluding hydrogens is 295 g/mol. The van der Waals surface area contributed by atoms with E-state index in [1.807, 2.05) is 6.07 Å². The van der Waals surface area contributed by atoms with E-state index in [0.717, 1.165) is 18.7 Å². The zero-order valence-electron chi connectivity index (χ0n) is 10.7. The first-order valence-electron chi connectivity index (χ1n) is 6.46. The van der Waals surface area contributed by atoms with Gasteiger partial charge in [0.25, 0.3) is 0 Å². The molecule has 1 aliphatic carbocycles. The molecule has 4 heteroatoms. The number of halogens is 2. The summed E-state index contributed by atoms with van der Waals surface area (Å²) in [6.45, 7) is 1.54. The van der Waals surface area contributed by atoms with Gasteiger partial charge in [-0.3, -0.25) is 4.90 Å². The van der Waals surface area contributed by atoms with Crippen LogP contribution in [-0.2, 0) is 6.54 Å². The Hall–Kier alpha value is -0.450. The number of nitrogens with two attached hydrogens (primary N) is 1. The monoisotopic (exact) mass is 314 g/mol. The summed E-state index contributed by atoms with van der Waals surface area (Å²) in [4.78, 5) is 2.31. The molecule has 0 aromatic heterocycles. The smallest absolute Gasteiger partial charge is 0.137 e. The maximum Gasteiger partial charge on any atom is 0.137 e. The third-order valence-corrected chi connectivity index (χ3v) is 4.55. The number of nitrogens with zero attached hydrogens (tertiary/aromatic N) is 1. The van der Waals surface area contributed by atoms with Crippen LogP contribution in [0.3, 0.4) is 0 Å². The summed E-state index contributed by atoms with van der Waals surface area (Å²) in [5, 5.41) is 0. The highest BCUT2D eigenvalue weighted by atomic mass is 79.9. The number of hydrogen-bond acceptors (Lipinski definition) is 2. The number of hydrogen-bond donors (Lipinski definition) is 1. The lowest BCUT2D eigenvalue weighted by Crippen LogP contribution is -2.37. The van der Waals surface area contributed by atoms with E-state index in [-0.39, 0.29) is 5.82 Å². The molecule has 2 unspecified atom stereocenters. The molecule has 0 aliphatic heterocycles. The van der Waals surface area contributed by atoms with Gasteiger partial charge in [0.1, 0.15) is 5.82 Å². The van der Waals surface area contributed by atoms with Gasteiger partial charge < -0.3 is 5.73 Å². The Balaban J connectivity index is 2.02. The van der Waals surface area contributed by atoms with Gasteiger partial charge in [-0.2, -0.15) is 0 Å². The normalized spacial score (nSPS) is 23.8. The molecule has 0 heterocycles. The molecule has 2 N–H and O–H groups in total. The molecule has 2 atom stereocenters. The van der Waals surface area contributed by atoms with Crippen LogP contribution in [0, 0.1) is 11.7 Å². The molecule has 1 fully saturated rings. The molecule has 2 rings (SSSR count). The highest BCUT2D eigenvalue weighted by molar-refractivity contribution is 9.10. The van der Waals surface area contributed by atoms with Crippen LogP contribution in [0.15, 0.2) is 22.7 Å². The fourth-order valence-electron chi connectivity index (χ4n) is 2.92. The van der Waals surface area contributed by atoms with Crippen LogP contribution in [0.2, 0.25) is 0 Å². The Bertz CT molecular complexity index is 411. The van der Waals surface area contributed by atoms with Crippen molar-refractivity contribution < 1.29 is 4.39 Å². The zero-order chi connectivity index (χ0) is 13.1. The summed E-state index contributed by atoms with van der Waals surface area (Å²) in [6, 6.07) is 5.89. The molecule has 0 spiro atoms. The molecule has 1 aliphatic rings. The van der Waals surface area contributed by atoms with Gasteiger partial charge in [0.2, 0.25) is 0 Å². The maximum absolute atomic E-state index is 13.5. The van der Waals surface area contributed by atoms with Gasteiger partial charge in [0.15, 0.2) is 0 Å². The van der Waals surface area contributed by atoms with E-state index >= 15 is 0 Å². The summed E-state index contributed by atoms with van der Waals surface area (Å²) < 4.78 is 14.0. The van der Waals surface area contributed by atoms with Gasteiger partial charge >= 0.3 is 0 Å². The first kappa shape index (κ1) is 14.0. The summed E-state index contributed by atoms with van der Waals surface area (Å²) in [5.74, 6) is 0.401. The topological polar surface area (TPSA) is 29.3 Å². The van der Waals surface area contributed by atoms with E-state index in [4.69, 9.17) is 5.73 Å². The van der Waals surface area contributed by atoms with E-state index in [0.29, 0.717) is 16.4 Å². The second kappa shape index (κ2) is 6.13. The van der Waals surface area contributed by atoms with Crippen molar-refractivity contribution in [3.63, 3.8) is 0 Å². The van der Waals surface area contributed by atoms with Crippen LogP contribution in [0.1, 0.15) is 24.8 Å². The van der Waals surface area contributed by atoms with Gasteiger partial charge in [0, 0.05) is 12.6 Å². The van der Waals surface area contributed by atoms with Crippen LogP contribution in [0.25, 0.3) is 0 Å². The third kappa shape index (κ3) is 3.11. The van der Waals surface area contributed by atoms with Crippen molar-refractivity contribution in [2.75, 3.05) is 13.6 Å². The number of rotatable bonds is 4. The van der Waals surface area contributed by atoms with Crippen molar-refractivity contribution >= 4 is 15.9 Å². The molecular formula is C14H20BrFN2. The molecule has 2 nitrogen and oxygen atoms in total. The Morgan fingerprint density at radius 1 is 1.44 bits per heavy atom. The summed E-state index contributed by atoms with van der Waals surface area (Å²) >= 11 is 3.18. The van der Waals surface area contributed by atoms with Crippen LogP contribution in [-0.4, -0.2) is 24.5 Å². The van der Waals surface area contributed by atoms with Crippen molar-refractivity contribution in [2.24, 2.45) is 11.7 Å². The second-order valence-corrected chi connectivity index (χ2v) is 6.01. The Morgan fingerprint density at radius 2 is 2.22 bits per heavy atom. The van der Waals surface area contributed by atoms with E-state index in [9.17, 15) is 4.39 Å². The largest absolute Gasteiger partial charge is 0.330 e. The van der Waals surface area contributed by atoms with E-state index in [1.165, 1.54) is 19.3 Å². The molecule has 1 saturated carbocycles. The first-order valence-corrected chi connectivity index (χ1v) is 7.25. The van der Waals surface area contributed by atoms with Gasteiger partial charge in [-0.05, 0) is 66.0 Å². The summed E-state index contributed by atoms with van der Waals surface area (Å²) in [5.41, 5.74) is 6.82. The van der Waals surface area contributed by atoms with Crippen LogP contribution in [0.4, 0.5) is 4.39 Å². The fraction of sp³-hybridized carbons (Fsp3) is 0.571. The standard InChI is InChI=1S/C14H20BrFN2/c1-18(14-4-2-3-11(14)8-17)9-10-5-6-12(15)13(16)7-10/h5-7,11,14H,2-4,8-9,17H2,1H3. The van der Waals surface area contributed by atoms with Crippen molar-refractivity contribution in [1.29, 1.82) is 0 Å². The zero-order valence-corrected chi connectivity index (χ0v) is 12.3. The maximum atomic E-state index is 13.5. The van der Waals surface area contributed by atoms with Crippen LogP contribution >= 0.6 is 15.9 Å². The van der Waals surface area contributed by atoms with Crippen LogP contribution < -0.4 is 5.73 Å². The van der Waals surface area contributed by atoms with Gasteiger partial charge in [0.05, 0.1) is 4.47 Å². The molecule has 18 heavy (non-hydrogen) atoms. The van der Waals surface area contributed by atoms with Crippen molar-refractivity contribution in [3.8, 4) is 0 Å². The third-order valence-electron chi connectivity index (χ3n) is 3.90. The van der Waals surface area contributed by atoms with E-state index in [2.05, 4.69) is 27.9 Å². The average Bonchev–Trinajstić information content (AvgIpc) is 2.82. The van der Waals surface area contributed by atoms with E-state index < -0.39 is 0 Å². The summed E-state index contributed by atoms with van der Waals surface area (Å²) in [6.07, 6.45) is 3.68. The number of benzene rings is 1. The molecule has 1 aromatic rings.